The van der Waals surface area contributed by atoms with E-state index in [2.05, 4.69) is 15.3 Å². The predicted octanol–water partition coefficient (Wildman–Crippen LogP) is -0.0603. The summed E-state index contributed by atoms with van der Waals surface area (Å²) in [6, 6.07) is 0.281. The molecule has 1 aliphatic carbocycles. The molecule has 0 amide bonds. The lowest BCUT2D eigenvalue weighted by Crippen LogP contribution is -2.41. The summed E-state index contributed by atoms with van der Waals surface area (Å²) >= 11 is 0. The monoisotopic (exact) mass is 293 g/mol. The highest BCUT2D eigenvalue weighted by atomic mass is 16.5. The van der Waals surface area contributed by atoms with Crippen LogP contribution < -0.4 is 16.6 Å². The maximum atomic E-state index is 12.1. The lowest BCUT2D eigenvalue weighted by atomic mass is 9.89. The SMILES string of the molecule is CCOC1CC(Nc2nc3c([nH]2)c(=O)n(C)c(=O)n3C)C1. The van der Waals surface area contributed by atoms with E-state index in [-0.39, 0.29) is 17.3 Å². The van der Waals surface area contributed by atoms with Crippen LogP contribution in [0.25, 0.3) is 11.2 Å². The molecule has 1 saturated carbocycles. The minimum absolute atomic E-state index is 0.281. The number of hydrogen-bond acceptors (Lipinski definition) is 5. The molecule has 1 fully saturated rings. The average Bonchev–Trinajstić information content (AvgIpc) is 2.85. The molecule has 2 aromatic heterocycles. The number of nitrogens with zero attached hydrogens (tertiary/aromatic N) is 3. The highest BCUT2D eigenvalue weighted by Crippen LogP contribution is 2.26. The zero-order valence-corrected chi connectivity index (χ0v) is 12.3. The fraction of sp³-hybridized carbons (Fsp3) is 0.615. The van der Waals surface area contributed by atoms with E-state index in [0.29, 0.717) is 23.2 Å². The molecule has 8 heteroatoms. The fourth-order valence-corrected chi connectivity index (χ4v) is 2.64. The molecule has 0 aliphatic heterocycles. The number of anilines is 1. The van der Waals surface area contributed by atoms with Crippen LogP contribution in [0, 0.1) is 0 Å². The summed E-state index contributed by atoms with van der Waals surface area (Å²) in [5, 5.41) is 3.24. The second kappa shape index (κ2) is 5.03. The fourth-order valence-electron chi connectivity index (χ4n) is 2.64. The van der Waals surface area contributed by atoms with E-state index >= 15 is 0 Å². The van der Waals surface area contributed by atoms with Crippen molar-refractivity contribution in [3.63, 3.8) is 0 Å². The largest absolute Gasteiger partial charge is 0.378 e. The van der Waals surface area contributed by atoms with Crippen LogP contribution in [-0.2, 0) is 18.8 Å². The van der Waals surface area contributed by atoms with Crippen LogP contribution in [0.1, 0.15) is 19.8 Å². The first kappa shape index (κ1) is 13.9. The first-order valence-electron chi connectivity index (χ1n) is 7.05. The number of aromatic amines is 1. The Labute approximate surface area is 120 Å². The molecule has 0 saturated heterocycles. The minimum Gasteiger partial charge on any atom is -0.378 e. The maximum Gasteiger partial charge on any atom is 0.332 e. The zero-order valence-electron chi connectivity index (χ0n) is 12.3. The third-order valence-corrected chi connectivity index (χ3v) is 3.93. The van der Waals surface area contributed by atoms with Gasteiger partial charge < -0.3 is 15.0 Å². The van der Waals surface area contributed by atoms with Crippen LogP contribution in [-0.4, -0.2) is 37.9 Å². The smallest absolute Gasteiger partial charge is 0.332 e. The van der Waals surface area contributed by atoms with Gasteiger partial charge in [-0.2, -0.15) is 4.98 Å². The molecule has 0 spiro atoms. The van der Waals surface area contributed by atoms with Gasteiger partial charge in [0.1, 0.15) is 0 Å². The Bertz CT molecular complexity index is 781. The van der Waals surface area contributed by atoms with Gasteiger partial charge in [-0.1, -0.05) is 0 Å². The third kappa shape index (κ3) is 2.25. The van der Waals surface area contributed by atoms with Crippen LogP contribution in [0.2, 0.25) is 0 Å². The molecule has 8 nitrogen and oxygen atoms in total. The molecule has 0 atom stereocenters. The van der Waals surface area contributed by atoms with Crippen molar-refractivity contribution in [3.8, 4) is 0 Å². The number of fused-ring (bicyclic) bond motifs is 1. The summed E-state index contributed by atoms with van der Waals surface area (Å²) in [6.45, 7) is 2.70. The molecule has 1 aliphatic rings. The van der Waals surface area contributed by atoms with Gasteiger partial charge in [-0.05, 0) is 19.8 Å². The second-order valence-electron chi connectivity index (χ2n) is 5.38. The van der Waals surface area contributed by atoms with Crippen LogP contribution in [0.4, 0.5) is 5.95 Å². The lowest BCUT2D eigenvalue weighted by molar-refractivity contribution is 0.00287. The number of H-pyrrole nitrogens is 1. The topological polar surface area (TPSA) is 93.9 Å². The van der Waals surface area contributed by atoms with Crippen LogP contribution in [0.5, 0.6) is 0 Å². The number of hydrogen-bond donors (Lipinski definition) is 2. The number of rotatable bonds is 4. The molecule has 0 radical (unpaired) electrons. The van der Waals surface area contributed by atoms with Crippen LogP contribution >= 0.6 is 0 Å². The molecule has 3 rings (SSSR count). The average molecular weight is 293 g/mol. The first-order valence-corrected chi connectivity index (χ1v) is 7.05. The van der Waals surface area contributed by atoms with Gasteiger partial charge in [0, 0.05) is 26.7 Å². The first-order chi connectivity index (χ1) is 10.0. The van der Waals surface area contributed by atoms with Crippen molar-refractivity contribution in [1.29, 1.82) is 0 Å². The highest BCUT2D eigenvalue weighted by Gasteiger charge is 2.30. The van der Waals surface area contributed by atoms with Gasteiger partial charge in [-0.3, -0.25) is 13.9 Å². The van der Waals surface area contributed by atoms with Gasteiger partial charge in [0.25, 0.3) is 5.56 Å². The van der Waals surface area contributed by atoms with Gasteiger partial charge in [0.2, 0.25) is 5.95 Å². The summed E-state index contributed by atoms with van der Waals surface area (Å²) in [6.07, 6.45) is 2.14. The van der Waals surface area contributed by atoms with E-state index in [9.17, 15) is 9.59 Å². The number of ether oxygens (including phenoxy) is 1. The second-order valence-corrected chi connectivity index (χ2v) is 5.38. The van der Waals surface area contributed by atoms with E-state index in [1.54, 1.807) is 7.05 Å². The number of aryl methyl sites for hydroxylation is 1. The molecule has 2 aromatic rings. The Hall–Kier alpha value is -2.09. The summed E-state index contributed by atoms with van der Waals surface area (Å²) in [7, 11) is 3.06. The molecule has 0 aromatic carbocycles. The summed E-state index contributed by atoms with van der Waals surface area (Å²) in [5.41, 5.74) is -0.0471. The Kier molecular flexibility index (Phi) is 3.32. The zero-order chi connectivity index (χ0) is 15.1. The predicted molar refractivity (Wildman–Crippen MR) is 78.6 cm³/mol. The van der Waals surface area contributed by atoms with Gasteiger partial charge in [-0.25, -0.2) is 4.79 Å². The Morgan fingerprint density at radius 1 is 1.33 bits per heavy atom. The van der Waals surface area contributed by atoms with Gasteiger partial charge in [0.05, 0.1) is 6.10 Å². The highest BCUT2D eigenvalue weighted by molar-refractivity contribution is 5.72. The van der Waals surface area contributed by atoms with E-state index in [0.717, 1.165) is 24.0 Å². The number of nitrogens with one attached hydrogen (secondary N) is 2. The summed E-state index contributed by atoms with van der Waals surface area (Å²) in [4.78, 5) is 31.2. The third-order valence-electron chi connectivity index (χ3n) is 3.93. The van der Waals surface area contributed by atoms with Gasteiger partial charge >= 0.3 is 5.69 Å². The Balaban J connectivity index is 1.86. The quantitative estimate of drug-likeness (QED) is 0.823. The molecule has 21 heavy (non-hydrogen) atoms. The standard InChI is InChI=1S/C13H19N5O3/c1-4-21-8-5-7(6-8)14-12-15-9-10(16-12)17(2)13(20)18(3)11(9)19/h7-8H,4-6H2,1-3H3,(H2,14,15,16). The van der Waals surface area contributed by atoms with E-state index < -0.39 is 0 Å². The molecule has 114 valence electrons. The van der Waals surface area contributed by atoms with E-state index in [4.69, 9.17) is 4.74 Å². The molecular formula is C13H19N5O3. The summed E-state index contributed by atoms with van der Waals surface area (Å²) < 4.78 is 7.94. The van der Waals surface area contributed by atoms with Crippen LogP contribution in [0.3, 0.4) is 0 Å². The van der Waals surface area contributed by atoms with Crippen molar-refractivity contribution in [2.75, 3.05) is 11.9 Å². The molecule has 0 bridgehead atoms. The normalized spacial score (nSPS) is 21.5. The molecular weight excluding hydrogens is 274 g/mol. The molecule has 0 unspecified atom stereocenters. The maximum absolute atomic E-state index is 12.1. The van der Waals surface area contributed by atoms with Gasteiger partial charge in [-0.15, -0.1) is 0 Å². The lowest BCUT2D eigenvalue weighted by Gasteiger charge is -2.35. The van der Waals surface area contributed by atoms with Crippen molar-refractivity contribution >= 4 is 17.1 Å². The minimum atomic E-state index is -0.384. The summed E-state index contributed by atoms with van der Waals surface area (Å²) in [5.74, 6) is 0.517. The van der Waals surface area contributed by atoms with E-state index in [1.165, 1.54) is 11.6 Å². The van der Waals surface area contributed by atoms with Crippen molar-refractivity contribution in [2.45, 2.75) is 31.9 Å². The van der Waals surface area contributed by atoms with Gasteiger partial charge in [0.15, 0.2) is 11.2 Å². The van der Waals surface area contributed by atoms with Crippen LogP contribution in [0.15, 0.2) is 9.59 Å². The van der Waals surface area contributed by atoms with Crippen molar-refractivity contribution in [2.24, 2.45) is 14.1 Å². The van der Waals surface area contributed by atoms with E-state index in [1.807, 2.05) is 6.92 Å². The molecule has 2 N–H and O–H groups in total. The van der Waals surface area contributed by atoms with Crippen molar-refractivity contribution in [1.82, 2.24) is 19.1 Å². The number of aromatic nitrogens is 4. The Morgan fingerprint density at radius 2 is 2.05 bits per heavy atom. The number of imidazole rings is 1. The molecule has 2 heterocycles. The Morgan fingerprint density at radius 3 is 2.71 bits per heavy atom. The van der Waals surface area contributed by atoms with Crippen molar-refractivity contribution in [3.05, 3.63) is 20.8 Å². The van der Waals surface area contributed by atoms with Crippen molar-refractivity contribution < 1.29 is 4.74 Å².